The lowest BCUT2D eigenvalue weighted by Gasteiger charge is -2.13. The van der Waals surface area contributed by atoms with E-state index in [1.807, 2.05) is 6.92 Å². The Morgan fingerprint density at radius 2 is 2.19 bits per heavy atom. The molecule has 86 valence electrons. The first-order chi connectivity index (χ1) is 7.54. The Hall–Kier alpha value is -1.71. The number of benzene rings is 1. The van der Waals surface area contributed by atoms with Crippen molar-refractivity contribution >= 4 is 11.6 Å². The minimum absolute atomic E-state index is 0.0351. The van der Waals surface area contributed by atoms with E-state index >= 15 is 0 Å². The van der Waals surface area contributed by atoms with E-state index in [0.29, 0.717) is 17.0 Å². The molecule has 1 aromatic rings. The van der Waals surface area contributed by atoms with Crippen LogP contribution in [0.25, 0.3) is 0 Å². The molecule has 0 saturated heterocycles. The minimum atomic E-state index is -0.128. The summed E-state index contributed by atoms with van der Waals surface area (Å²) in [6.07, 6.45) is 2.06. The molecule has 0 atom stereocenters. The van der Waals surface area contributed by atoms with E-state index in [2.05, 4.69) is 5.32 Å². The zero-order valence-corrected chi connectivity index (χ0v) is 9.54. The Labute approximate surface area is 94.8 Å². The van der Waals surface area contributed by atoms with E-state index in [4.69, 9.17) is 10.5 Å². The lowest BCUT2D eigenvalue weighted by molar-refractivity contribution is 0.0936. The van der Waals surface area contributed by atoms with Crippen LogP contribution in [0.1, 0.15) is 30.1 Å². The van der Waals surface area contributed by atoms with Crippen molar-refractivity contribution in [2.75, 3.05) is 12.8 Å². The third-order valence-electron chi connectivity index (χ3n) is 2.92. The molecule has 1 aliphatic carbocycles. The summed E-state index contributed by atoms with van der Waals surface area (Å²) in [5.41, 5.74) is 6.69. The van der Waals surface area contributed by atoms with Gasteiger partial charge >= 0.3 is 0 Å². The fraction of sp³-hybridized carbons (Fsp3) is 0.417. The first-order valence-corrected chi connectivity index (χ1v) is 5.30. The summed E-state index contributed by atoms with van der Waals surface area (Å²) in [5.74, 6) is 0.511. The highest BCUT2D eigenvalue weighted by atomic mass is 16.5. The Morgan fingerprint density at radius 3 is 2.75 bits per heavy atom. The smallest absolute Gasteiger partial charge is 0.253 e. The van der Waals surface area contributed by atoms with Crippen molar-refractivity contribution in [3.05, 3.63) is 23.8 Å². The summed E-state index contributed by atoms with van der Waals surface area (Å²) in [7, 11) is 1.56. The van der Waals surface area contributed by atoms with E-state index in [0.717, 1.165) is 12.8 Å². The SMILES string of the molecule is COc1ccc(N)c(C(=O)NC2(C)CC2)c1. The van der Waals surface area contributed by atoms with Crippen LogP contribution < -0.4 is 15.8 Å². The van der Waals surface area contributed by atoms with E-state index in [-0.39, 0.29) is 11.4 Å². The molecule has 0 aliphatic heterocycles. The zero-order chi connectivity index (χ0) is 11.8. The molecule has 0 heterocycles. The lowest BCUT2D eigenvalue weighted by atomic mass is 10.1. The van der Waals surface area contributed by atoms with E-state index in [1.54, 1.807) is 25.3 Å². The second kappa shape index (κ2) is 3.70. The molecule has 2 rings (SSSR count). The molecule has 3 N–H and O–H groups in total. The highest BCUT2D eigenvalue weighted by Gasteiger charge is 2.39. The fourth-order valence-electron chi connectivity index (χ4n) is 1.51. The largest absolute Gasteiger partial charge is 0.497 e. The van der Waals surface area contributed by atoms with Crippen LogP contribution in [0, 0.1) is 0 Å². The number of amides is 1. The van der Waals surface area contributed by atoms with Crippen LogP contribution in [-0.4, -0.2) is 18.6 Å². The average Bonchev–Trinajstić information content (AvgIpc) is 2.96. The Kier molecular flexibility index (Phi) is 2.50. The van der Waals surface area contributed by atoms with Gasteiger partial charge in [-0.2, -0.15) is 0 Å². The molecule has 0 spiro atoms. The maximum absolute atomic E-state index is 11.9. The second-order valence-electron chi connectivity index (χ2n) is 4.47. The number of nitrogens with one attached hydrogen (secondary N) is 1. The summed E-state index contributed by atoms with van der Waals surface area (Å²) in [6, 6.07) is 5.09. The molecule has 0 aromatic heterocycles. The third-order valence-corrected chi connectivity index (χ3v) is 2.92. The summed E-state index contributed by atoms with van der Waals surface area (Å²) in [4.78, 5) is 11.9. The number of carbonyl (C=O) groups is 1. The van der Waals surface area contributed by atoms with Crippen molar-refractivity contribution < 1.29 is 9.53 Å². The van der Waals surface area contributed by atoms with Gasteiger partial charge in [0.25, 0.3) is 5.91 Å². The molecule has 16 heavy (non-hydrogen) atoms. The lowest BCUT2D eigenvalue weighted by Crippen LogP contribution is -2.34. The van der Waals surface area contributed by atoms with Crippen molar-refractivity contribution in [3.8, 4) is 5.75 Å². The number of anilines is 1. The number of nitrogens with two attached hydrogens (primary N) is 1. The van der Waals surface area contributed by atoms with Gasteiger partial charge in [0.2, 0.25) is 0 Å². The van der Waals surface area contributed by atoms with Crippen LogP contribution in [0.3, 0.4) is 0 Å². The summed E-state index contributed by atoms with van der Waals surface area (Å²) in [6.45, 7) is 2.03. The van der Waals surface area contributed by atoms with Crippen LogP contribution in [0.15, 0.2) is 18.2 Å². The number of hydrogen-bond acceptors (Lipinski definition) is 3. The van der Waals surface area contributed by atoms with Gasteiger partial charge in [0, 0.05) is 11.2 Å². The van der Waals surface area contributed by atoms with E-state index in [9.17, 15) is 4.79 Å². The van der Waals surface area contributed by atoms with Gasteiger partial charge in [0.05, 0.1) is 12.7 Å². The molecule has 1 fully saturated rings. The maximum atomic E-state index is 11.9. The summed E-state index contributed by atoms with van der Waals surface area (Å²) >= 11 is 0. The molecular formula is C12H16N2O2. The van der Waals surface area contributed by atoms with Gasteiger partial charge in [-0.1, -0.05) is 0 Å². The van der Waals surface area contributed by atoms with Gasteiger partial charge in [0.15, 0.2) is 0 Å². The average molecular weight is 220 g/mol. The predicted octanol–water partition coefficient (Wildman–Crippen LogP) is 1.56. The highest BCUT2D eigenvalue weighted by molar-refractivity contribution is 6.00. The molecule has 4 heteroatoms. The standard InChI is InChI=1S/C12H16N2O2/c1-12(5-6-12)14-11(15)9-7-8(16-2)3-4-10(9)13/h3-4,7H,5-6,13H2,1-2H3,(H,14,15). The summed E-state index contributed by atoms with van der Waals surface area (Å²) < 4.78 is 5.07. The van der Waals surface area contributed by atoms with Gasteiger partial charge in [-0.15, -0.1) is 0 Å². The number of methoxy groups -OCH3 is 1. The molecule has 0 radical (unpaired) electrons. The van der Waals surface area contributed by atoms with Crippen LogP contribution in [0.4, 0.5) is 5.69 Å². The van der Waals surface area contributed by atoms with Crippen molar-refractivity contribution in [1.29, 1.82) is 0 Å². The molecule has 1 saturated carbocycles. The Balaban J connectivity index is 2.21. The van der Waals surface area contributed by atoms with Crippen molar-refractivity contribution in [2.24, 2.45) is 0 Å². The van der Waals surface area contributed by atoms with Gasteiger partial charge in [-0.25, -0.2) is 0 Å². The fourth-order valence-corrected chi connectivity index (χ4v) is 1.51. The molecule has 0 bridgehead atoms. The molecule has 4 nitrogen and oxygen atoms in total. The van der Waals surface area contributed by atoms with Crippen molar-refractivity contribution in [3.63, 3.8) is 0 Å². The maximum Gasteiger partial charge on any atom is 0.253 e. The quantitative estimate of drug-likeness (QED) is 0.760. The Bertz CT molecular complexity index is 425. The highest BCUT2D eigenvalue weighted by Crippen LogP contribution is 2.35. The Morgan fingerprint density at radius 1 is 1.50 bits per heavy atom. The normalized spacial score (nSPS) is 16.6. The molecule has 1 aromatic carbocycles. The number of ether oxygens (including phenoxy) is 1. The number of hydrogen-bond donors (Lipinski definition) is 2. The zero-order valence-electron chi connectivity index (χ0n) is 9.54. The number of carbonyl (C=O) groups excluding carboxylic acids is 1. The molecular weight excluding hydrogens is 204 g/mol. The minimum Gasteiger partial charge on any atom is -0.497 e. The first-order valence-electron chi connectivity index (χ1n) is 5.30. The molecule has 1 aliphatic rings. The van der Waals surface area contributed by atoms with E-state index in [1.165, 1.54) is 0 Å². The van der Waals surface area contributed by atoms with Gasteiger partial charge in [-0.3, -0.25) is 4.79 Å². The van der Waals surface area contributed by atoms with Gasteiger partial charge < -0.3 is 15.8 Å². The first kappa shape index (κ1) is 10.8. The van der Waals surface area contributed by atoms with E-state index < -0.39 is 0 Å². The van der Waals surface area contributed by atoms with Gasteiger partial charge in [-0.05, 0) is 38.0 Å². The van der Waals surface area contributed by atoms with Crippen LogP contribution in [0.5, 0.6) is 5.75 Å². The topological polar surface area (TPSA) is 64.3 Å². The predicted molar refractivity (Wildman–Crippen MR) is 62.5 cm³/mol. The van der Waals surface area contributed by atoms with Crippen LogP contribution >= 0.6 is 0 Å². The number of rotatable bonds is 3. The van der Waals surface area contributed by atoms with Crippen LogP contribution in [-0.2, 0) is 0 Å². The van der Waals surface area contributed by atoms with Crippen molar-refractivity contribution in [1.82, 2.24) is 5.32 Å². The third kappa shape index (κ3) is 2.10. The van der Waals surface area contributed by atoms with Gasteiger partial charge in [0.1, 0.15) is 5.75 Å². The van der Waals surface area contributed by atoms with Crippen LogP contribution in [0.2, 0.25) is 0 Å². The molecule has 1 amide bonds. The van der Waals surface area contributed by atoms with Crippen molar-refractivity contribution in [2.45, 2.75) is 25.3 Å². The second-order valence-corrected chi connectivity index (χ2v) is 4.47. The summed E-state index contributed by atoms with van der Waals surface area (Å²) in [5, 5.41) is 2.96. The number of nitrogen functional groups attached to an aromatic ring is 1. The monoisotopic (exact) mass is 220 g/mol. The molecule has 0 unspecified atom stereocenters.